The average Bonchev–Trinajstić information content (AvgIpc) is 3.23. The number of nitrogens with zero attached hydrogens (tertiary/aromatic N) is 3. The first-order valence-electron chi connectivity index (χ1n) is 11.9. The minimum absolute atomic E-state index is 0.0590. The Hall–Kier alpha value is -0.780. The number of hydrogen-bond acceptors (Lipinski definition) is 6. The number of carbonyl (C=O) groups is 1. The molecule has 3 rings (SSSR count). The van der Waals surface area contributed by atoms with Crippen molar-refractivity contribution in [2.24, 2.45) is 5.92 Å². The van der Waals surface area contributed by atoms with E-state index in [-0.39, 0.29) is 11.8 Å². The molecule has 0 aliphatic carbocycles. The second kappa shape index (κ2) is 11.4. The topological polar surface area (TPSA) is 91.4 Å². The quantitative estimate of drug-likeness (QED) is 0.490. The summed E-state index contributed by atoms with van der Waals surface area (Å²) in [6.45, 7) is 7.71. The molecule has 0 aromatic heterocycles. The predicted molar refractivity (Wildman–Crippen MR) is 119 cm³/mol. The van der Waals surface area contributed by atoms with Crippen LogP contribution in [0.4, 0.5) is 0 Å². The van der Waals surface area contributed by atoms with Crippen molar-refractivity contribution in [1.29, 1.82) is 0 Å². The van der Waals surface area contributed by atoms with E-state index in [4.69, 9.17) is 9.47 Å². The minimum Gasteiger partial charge on any atom is -0.356 e. The van der Waals surface area contributed by atoms with Gasteiger partial charge in [-0.3, -0.25) is 4.79 Å². The number of carbonyl (C=O) groups excluding carboxylic acids is 1. The summed E-state index contributed by atoms with van der Waals surface area (Å²) in [7, 11) is -1.39. The van der Waals surface area contributed by atoms with E-state index in [0.717, 1.165) is 19.5 Å². The van der Waals surface area contributed by atoms with Crippen LogP contribution in [-0.4, -0.2) is 99.7 Å². The summed E-state index contributed by atoms with van der Waals surface area (Å²) in [5.74, 6) is -0.625. The van der Waals surface area contributed by atoms with Gasteiger partial charge in [0.05, 0.1) is 13.2 Å². The van der Waals surface area contributed by atoms with Gasteiger partial charge in [-0.2, -0.15) is 17.0 Å². The first-order chi connectivity index (χ1) is 14.9. The van der Waals surface area contributed by atoms with E-state index >= 15 is 0 Å². The number of amides is 1. The van der Waals surface area contributed by atoms with Gasteiger partial charge in [0, 0.05) is 51.5 Å². The molecule has 3 aliphatic rings. The predicted octanol–water partition coefficient (Wildman–Crippen LogP) is 1.02. The van der Waals surface area contributed by atoms with Crippen LogP contribution in [0, 0.1) is 5.92 Å². The Morgan fingerprint density at radius 1 is 1.03 bits per heavy atom. The van der Waals surface area contributed by atoms with Gasteiger partial charge in [-0.15, -0.1) is 0 Å². The molecule has 10 heteroatoms. The Morgan fingerprint density at radius 2 is 1.61 bits per heavy atom. The molecule has 3 heterocycles. The Labute approximate surface area is 187 Å². The number of piperidine rings is 2. The van der Waals surface area contributed by atoms with E-state index in [1.807, 2.05) is 0 Å². The number of rotatable bonds is 10. The number of nitrogens with one attached hydrogen (secondary N) is 1. The maximum Gasteiger partial charge on any atom is 0.281 e. The van der Waals surface area contributed by atoms with E-state index in [9.17, 15) is 13.2 Å². The molecule has 3 aliphatic heterocycles. The summed E-state index contributed by atoms with van der Waals surface area (Å²) in [6, 6.07) is 0. The maximum absolute atomic E-state index is 13.0. The van der Waals surface area contributed by atoms with Crippen LogP contribution in [0.2, 0.25) is 0 Å². The Morgan fingerprint density at radius 3 is 2.23 bits per heavy atom. The molecule has 0 saturated carbocycles. The summed E-state index contributed by atoms with van der Waals surface area (Å²) in [5, 5.41) is 3.04. The van der Waals surface area contributed by atoms with Crippen molar-refractivity contribution < 1.29 is 22.7 Å². The van der Waals surface area contributed by atoms with Crippen LogP contribution in [0.5, 0.6) is 0 Å². The van der Waals surface area contributed by atoms with Gasteiger partial charge in [-0.25, -0.2) is 0 Å². The molecule has 0 radical (unpaired) electrons. The molecule has 180 valence electrons. The highest BCUT2D eigenvalue weighted by molar-refractivity contribution is 7.86. The second-order valence-corrected chi connectivity index (χ2v) is 10.9. The standard InChI is InChI=1S/C21H40N4O5S/c1-3-4-11-23(2)12-5-10-22-20(26)19-6-13-24(14-7-19)31(27,28)25-15-8-21(9-16-25)29-17-18-30-21/h19H,3-18H2,1-2H3,(H,22,26). The zero-order valence-corrected chi connectivity index (χ0v) is 20.0. The fourth-order valence-corrected chi connectivity index (χ4v) is 6.24. The first-order valence-corrected chi connectivity index (χ1v) is 13.3. The molecule has 0 unspecified atom stereocenters. The van der Waals surface area contributed by atoms with Crippen LogP contribution in [0.25, 0.3) is 0 Å². The summed E-state index contributed by atoms with van der Waals surface area (Å²) >= 11 is 0. The molecule has 0 aromatic rings. The normalized spacial score (nSPS) is 23.6. The molecule has 0 aromatic carbocycles. The Balaban J connectivity index is 1.36. The SMILES string of the molecule is CCCCN(C)CCCNC(=O)C1CCN(S(=O)(=O)N2CCC3(CC2)OCCO3)CC1. The lowest BCUT2D eigenvalue weighted by molar-refractivity contribution is -0.179. The Bertz CT molecular complexity index is 665. The van der Waals surface area contributed by atoms with Crippen molar-refractivity contribution in [3.05, 3.63) is 0 Å². The molecule has 0 bridgehead atoms. The molecule has 3 fully saturated rings. The zero-order chi connectivity index (χ0) is 22.3. The van der Waals surface area contributed by atoms with Crippen LogP contribution in [-0.2, 0) is 24.5 Å². The highest BCUT2D eigenvalue weighted by Gasteiger charge is 2.44. The largest absolute Gasteiger partial charge is 0.356 e. The third-order valence-electron chi connectivity index (χ3n) is 6.68. The number of ether oxygens (including phenoxy) is 2. The van der Waals surface area contributed by atoms with E-state index < -0.39 is 16.0 Å². The van der Waals surface area contributed by atoms with Crippen LogP contribution in [0.15, 0.2) is 0 Å². The lowest BCUT2D eigenvalue weighted by Gasteiger charge is -2.40. The van der Waals surface area contributed by atoms with Crippen LogP contribution < -0.4 is 5.32 Å². The summed E-state index contributed by atoms with van der Waals surface area (Å²) in [6.07, 6.45) is 5.61. The van der Waals surface area contributed by atoms with Crippen LogP contribution in [0.3, 0.4) is 0 Å². The van der Waals surface area contributed by atoms with E-state index in [1.165, 1.54) is 17.1 Å². The molecule has 31 heavy (non-hydrogen) atoms. The summed E-state index contributed by atoms with van der Waals surface area (Å²) in [5.41, 5.74) is 0. The molecule has 9 nitrogen and oxygen atoms in total. The van der Waals surface area contributed by atoms with Gasteiger partial charge in [-0.1, -0.05) is 13.3 Å². The lowest BCUT2D eigenvalue weighted by Crippen LogP contribution is -2.53. The average molecular weight is 461 g/mol. The van der Waals surface area contributed by atoms with Gasteiger partial charge >= 0.3 is 0 Å². The van der Waals surface area contributed by atoms with E-state index in [0.29, 0.717) is 71.6 Å². The number of hydrogen-bond donors (Lipinski definition) is 1. The summed E-state index contributed by atoms with van der Waals surface area (Å²) < 4.78 is 40.5. The maximum atomic E-state index is 13.0. The van der Waals surface area contributed by atoms with Gasteiger partial charge < -0.3 is 19.7 Å². The zero-order valence-electron chi connectivity index (χ0n) is 19.2. The molecule has 1 amide bonds. The van der Waals surface area contributed by atoms with Gasteiger partial charge in [0.15, 0.2) is 5.79 Å². The molecular weight excluding hydrogens is 420 g/mol. The molecule has 3 saturated heterocycles. The van der Waals surface area contributed by atoms with Crippen molar-refractivity contribution in [3.63, 3.8) is 0 Å². The third kappa shape index (κ3) is 6.61. The van der Waals surface area contributed by atoms with Gasteiger partial charge in [-0.05, 0) is 45.8 Å². The van der Waals surface area contributed by atoms with E-state index in [1.54, 1.807) is 4.31 Å². The van der Waals surface area contributed by atoms with Crippen LogP contribution >= 0.6 is 0 Å². The van der Waals surface area contributed by atoms with Crippen LogP contribution in [0.1, 0.15) is 51.9 Å². The monoisotopic (exact) mass is 460 g/mol. The number of unbranched alkanes of at least 4 members (excludes halogenated alkanes) is 1. The van der Waals surface area contributed by atoms with Gasteiger partial charge in [0.25, 0.3) is 10.2 Å². The van der Waals surface area contributed by atoms with Gasteiger partial charge in [0.1, 0.15) is 0 Å². The fraction of sp³-hybridized carbons (Fsp3) is 0.952. The Kier molecular flexibility index (Phi) is 9.12. The van der Waals surface area contributed by atoms with Crippen molar-refractivity contribution >= 4 is 16.1 Å². The first kappa shape index (κ1) is 24.9. The van der Waals surface area contributed by atoms with Crippen molar-refractivity contribution in [3.8, 4) is 0 Å². The smallest absolute Gasteiger partial charge is 0.281 e. The third-order valence-corrected chi connectivity index (χ3v) is 8.72. The molecule has 1 N–H and O–H groups in total. The van der Waals surface area contributed by atoms with E-state index in [2.05, 4.69) is 24.2 Å². The van der Waals surface area contributed by atoms with Crippen molar-refractivity contribution in [2.75, 3.05) is 66.1 Å². The molecule has 0 atom stereocenters. The second-order valence-electron chi connectivity index (χ2n) is 8.99. The highest BCUT2D eigenvalue weighted by atomic mass is 32.2. The van der Waals surface area contributed by atoms with Gasteiger partial charge in [0.2, 0.25) is 5.91 Å². The lowest BCUT2D eigenvalue weighted by atomic mass is 9.97. The summed E-state index contributed by atoms with van der Waals surface area (Å²) in [4.78, 5) is 14.8. The van der Waals surface area contributed by atoms with Crippen molar-refractivity contribution in [2.45, 2.75) is 57.7 Å². The molecular formula is C21H40N4O5S. The minimum atomic E-state index is -3.50. The molecule has 1 spiro atoms. The fourth-order valence-electron chi connectivity index (χ4n) is 4.60. The van der Waals surface area contributed by atoms with Crippen molar-refractivity contribution in [1.82, 2.24) is 18.8 Å². The highest BCUT2D eigenvalue weighted by Crippen LogP contribution is 2.33.